The highest BCUT2D eigenvalue weighted by molar-refractivity contribution is 4.91. The van der Waals surface area contributed by atoms with Gasteiger partial charge in [-0.3, -0.25) is 4.90 Å². The third kappa shape index (κ3) is 3.29. The van der Waals surface area contributed by atoms with E-state index in [1.165, 1.54) is 6.42 Å². The third-order valence-electron chi connectivity index (χ3n) is 3.37. The maximum atomic E-state index is 4.40. The molecule has 102 valence electrons. The molecule has 0 saturated carbocycles. The van der Waals surface area contributed by atoms with Crippen LogP contribution in [0.15, 0.2) is 6.33 Å². The van der Waals surface area contributed by atoms with Gasteiger partial charge in [0.25, 0.3) is 0 Å². The summed E-state index contributed by atoms with van der Waals surface area (Å²) in [6, 6.07) is 0.376. The molecule has 0 aromatic carbocycles. The molecule has 0 bridgehead atoms. The van der Waals surface area contributed by atoms with Crippen LogP contribution in [-0.4, -0.2) is 44.8 Å². The topological polar surface area (TPSA) is 46.0 Å². The fraction of sp³-hybridized carbons (Fsp3) is 0.846. The van der Waals surface area contributed by atoms with Crippen molar-refractivity contribution in [3.8, 4) is 0 Å². The highest BCUT2D eigenvalue weighted by Gasteiger charge is 2.25. The predicted octanol–water partition coefficient (Wildman–Crippen LogP) is 1.43. The first-order valence-corrected chi connectivity index (χ1v) is 6.84. The summed E-state index contributed by atoms with van der Waals surface area (Å²) in [5.74, 6) is 1.07. The van der Waals surface area contributed by atoms with Crippen LogP contribution in [0.5, 0.6) is 0 Å². The zero-order valence-electron chi connectivity index (χ0n) is 12.0. The van der Waals surface area contributed by atoms with Gasteiger partial charge in [0, 0.05) is 18.1 Å². The van der Waals surface area contributed by atoms with Crippen LogP contribution >= 0.6 is 0 Å². The Morgan fingerprint density at radius 3 is 2.94 bits per heavy atom. The fourth-order valence-electron chi connectivity index (χ4n) is 2.58. The molecule has 1 aliphatic heterocycles. The van der Waals surface area contributed by atoms with Crippen molar-refractivity contribution >= 4 is 0 Å². The van der Waals surface area contributed by atoms with Crippen LogP contribution in [0.25, 0.3) is 0 Å². The van der Waals surface area contributed by atoms with E-state index in [0.717, 1.165) is 32.0 Å². The fourth-order valence-corrected chi connectivity index (χ4v) is 2.58. The molecule has 0 radical (unpaired) electrons. The normalized spacial score (nSPS) is 21.2. The van der Waals surface area contributed by atoms with Gasteiger partial charge in [-0.1, -0.05) is 0 Å². The first-order chi connectivity index (χ1) is 8.48. The summed E-state index contributed by atoms with van der Waals surface area (Å²) in [6.45, 7) is 13.0. The molecular weight excluding hydrogens is 226 g/mol. The molecule has 0 spiro atoms. The minimum Gasteiger partial charge on any atom is -0.310 e. The molecule has 1 aliphatic rings. The largest absolute Gasteiger partial charge is 0.310 e. The van der Waals surface area contributed by atoms with Crippen LogP contribution < -0.4 is 5.32 Å². The summed E-state index contributed by atoms with van der Waals surface area (Å²) in [6.07, 6.45) is 2.86. The van der Waals surface area contributed by atoms with E-state index in [4.69, 9.17) is 0 Å². The van der Waals surface area contributed by atoms with Crippen LogP contribution in [0.3, 0.4) is 0 Å². The Hall–Kier alpha value is -0.940. The van der Waals surface area contributed by atoms with Crippen molar-refractivity contribution in [2.45, 2.75) is 52.2 Å². The quantitative estimate of drug-likeness (QED) is 0.883. The third-order valence-corrected chi connectivity index (χ3v) is 3.37. The van der Waals surface area contributed by atoms with E-state index >= 15 is 0 Å². The van der Waals surface area contributed by atoms with Crippen LogP contribution in [0, 0.1) is 0 Å². The number of hydrogen-bond donors (Lipinski definition) is 1. The van der Waals surface area contributed by atoms with Crippen molar-refractivity contribution in [2.75, 3.05) is 19.6 Å². The second-order valence-corrected chi connectivity index (χ2v) is 6.09. The Kier molecular flexibility index (Phi) is 4.02. The van der Waals surface area contributed by atoms with E-state index in [-0.39, 0.29) is 5.54 Å². The number of nitrogens with zero attached hydrogens (tertiary/aromatic N) is 4. The lowest BCUT2D eigenvalue weighted by Crippen LogP contribution is -2.46. The van der Waals surface area contributed by atoms with E-state index in [1.54, 1.807) is 6.33 Å². The van der Waals surface area contributed by atoms with Crippen LogP contribution in [0.1, 0.15) is 46.0 Å². The van der Waals surface area contributed by atoms with Gasteiger partial charge in [-0.25, -0.2) is 9.67 Å². The lowest BCUT2D eigenvalue weighted by atomic mass is 10.1. The zero-order chi connectivity index (χ0) is 13.2. The van der Waals surface area contributed by atoms with Gasteiger partial charge in [0.1, 0.15) is 12.2 Å². The molecule has 1 N–H and O–H groups in total. The Morgan fingerprint density at radius 2 is 2.22 bits per heavy atom. The molecule has 1 fully saturated rings. The van der Waals surface area contributed by atoms with Crippen molar-refractivity contribution < 1.29 is 0 Å². The monoisotopic (exact) mass is 251 g/mol. The smallest absolute Gasteiger partial charge is 0.141 e. The lowest BCUT2D eigenvalue weighted by molar-refractivity contribution is 0.214. The van der Waals surface area contributed by atoms with Gasteiger partial charge in [0.05, 0.1) is 6.54 Å². The van der Waals surface area contributed by atoms with E-state index in [9.17, 15) is 0 Å². The van der Waals surface area contributed by atoms with E-state index in [2.05, 4.69) is 48.0 Å². The van der Waals surface area contributed by atoms with E-state index in [1.807, 2.05) is 4.68 Å². The summed E-state index contributed by atoms with van der Waals surface area (Å²) in [5, 5.41) is 7.89. The standard InChI is InChI=1S/C13H25N5/c1-11(2)18-12(14-10-16-18)8-17-7-5-6-15-13(3,4)9-17/h10-11,15H,5-9H2,1-4H3. The minimum atomic E-state index is 0.180. The van der Waals surface area contributed by atoms with E-state index < -0.39 is 0 Å². The Bertz CT molecular complexity index is 382. The van der Waals surface area contributed by atoms with Crippen LogP contribution in [-0.2, 0) is 6.54 Å². The van der Waals surface area contributed by atoms with E-state index in [0.29, 0.717) is 6.04 Å². The minimum absolute atomic E-state index is 0.180. The number of aromatic nitrogens is 3. The van der Waals surface area contributed by atoms with Gasteiger partial charge in [-0.05, 0) is 47.2 Å². The Labute approximate surface area is 110 Å². The summed E-state index contributed by atoms with van der Waals surface area (Å²) >= 11 is 0. The van der Waals surface area contributed by atoms with Crippen molar-refractivity contribution in [3.63, 3.8) is 0 Å². The molecule has 2 heterocycles. The average Bonchev–Trinajstić information content (AvgIpc) is 2.64. The molecule has 2 rings (SSSR count). The zero-order valence-corrected chi connectivity index (χ0v) is 12.0. The first kappa shape index (κ1) is 13.5. The SMILES string of the molecule is CC(C)n1ncnc1CN1CCCNC(C)(C)C1. The Balaban J connectivity index is 2.05. The van der Waals surface area contributed by atoms with Crippen molar-refractivity contribution in [1.82, 2.24) is 25.0 Å². The van der Waals surface area contributed by atoms with Gasteiger partial charge >= 0.3 is 0 Å². The van der Waals surface area contributed by atoms with Crippen molar-refractivity contribution in [3.05, 3.63) is 12.2 Å². The van der Waals surface area contributed by atoms with Crippen LogP contribution in [0.2, 0.25) is 0 Å². The molecule has 5 nitrogen and oxygen atoms in total. The number of rotatable bonds is 3. The molecule has 1 aromatic rings. The van der Waals surface area contributed by atoms with Gasteiger partial charge in [-0.2, -0.15) is 5.10 Å². The van der Waals surface area contributed by atoms with Gasteiger partial charge < -0.3 is 5.32 Å². The summed E-state index contributed by atoms with van der Waals surface area (Å²) in [5.41, 5.74) is 0.180. The van der Waals surface area contributed by atoms with Gasteiger partial charge in [0.15, 0.2) is 0 Å². The van der Waals surface area contributed by atoms with Gasteiger partial charge in [-0.15, -0.1) is 0 Å². The molecule has 0 amide bonds. The number of nitrogens with one attached hydrogen (secondary N) is 1. The summed E-state index contributed by atoms with van der Waals surface area (Å²) < 4.78 is 2.02. The highest BCUT2D eigenvalue weighted by Crippen LogP contribution is 2.14. The molecule has 1 saturated heterocycles. The summed E-state index contributed by atoms with van der Waals surface area (Å²) in [7, 11) is 0. The van der Waals surface area contributed by atoms with Crippen molar-refractivity contribution in [1.29, 1.82) is 0 Å². The maximum Gasteiger partial charge on any atom is 0.141 e. The molecule has 5 heteroatoms. The average molecular weight is 251 g/mol. The second-order valence-electron chi connectivity index (χ2n) is 6.09. The van der Waals surface area contributed by atoms with Crippen molar-refractivity contribution in [2.24, 2.45) is 0 Å². The predicted molar refractivity (Wildman–Crippen MR) is 72.4 cm³/mol. The molecular formula is C13H25N5. The maximum absolute atomic E-state index is 4.40. The number of hydrogen-bond acceptors (Lipinski definition) is 4. The van der Waals surface area contributed by atoms with Gasteiger partial charge in [0.2, 0.25) is 0 Å². The first-order valence-electron chi connectivity index (χ1n) is 6.84. The second kappa shape index (κ2) is 5.36. The lowest BCUT2D eigenvalue weighted by Gasteiger charge is -2.29. The molecule has 0 atom stereocenters. The molecule has 18 heavy (non-hydrogen) atoms. The molecule has 0 unspecified atom stereocenters. The highest BCUT2D eigenvalue weighted by atomic mass is 15.4. The Morgan fingerprint density at radius 1 is 1.44 bits per heavy atom. The summed E-state index contributed by atoms with van der Waals surface area (Å²) in [4.78, 5) is 6.87. The van der Waals surface area contributed by atoms with Crippen LogP contribution in [0.4, 0.5) is 0 Å². The molecule has 0 aliphatic carbocycles. The molecule has 1 aromatic heterocycles.